The van der Waals surface area contributed by atoms with E-state index in [0.29, 0.717) is 36.0 Å². The van der Waals surface area contributed by atoms with Gasteiger partial charge in [-0.3, -0.25) is 4.79 Å². The molecule has 0 aliphatic carbocycles. The number of amidine groups is 1. The zero-order chi connectivity index (χ0) is 21.0. The molecule has 6 nitrogen and oxygen atoms in total. The number of rotatable bonds is 5. The molecule has 1 aliphatic heterocycles. The van der Waals surface area contributed by atoms with Gasteiger partial charge in [-0.2, -0.15) is 0 Å². The highest BCUT2D eigenvalue weighted by molar-refractivity contribution is 9.10. The molecule has 0 bridgehead atoms. The average Bonchev–Trinajstić information content (AvgIpc) is 3.03. The Morgan fingerprint density at radius 3 is 2.83 bits per heavy atom. The summed E-state index contributed by atoms with van der Waals surface area (Å²) in [5.74, 6) is -0.262. The number of carbonyl (C=O) groups excluding carboxylic acids is 2. The summed E-state index contributed by atoms with van der Waals surface area (Å²) in [7, 11) is 1.29. The predicted octanol–water partition coefficient (Wildman–Crippen LogP) is 5.20. The topological polar surface area (TPSA) is 77.0 Å². The lowest BCUT2D eigenvalue weighted by atomic mass is 10.2. The number of ether oxygens (including phenoxy) is 2. The number of nitrogens with one attached hydrogen (secondary N) is 1. The van der Waals surface area contributed by atoms with Crippen molar-refractivity contribution in [1.29, 1.82) is 0 Å². The number of nitrogens with zero attached hydrogens (tertiary/aromatic N) is 1. The zero-order valence-corrected chi connectivity index (χ0v) is 18.8. The van der Waals surface area contributed by atoms with Crippen LogP contribution in [0.5, 0.6) is 5.75 Å². The van der Waals surface area contributed by atoms with Gasteiger partial charge >= 0.3 is 5.97 Å². The number of esters is 1. The van der Waals surface area contributed by atoms with E-state index in [1.165, 1.54) is 18.9 Å². The minimum absolute atomic E-state index is 0.195. The van der Waals surface area contributed by atoms with Crippen LogP contribution in [0.4, 0.5) is 5.69 Å². The Kier molecular flexibility index (Phi) is 7.23. The first-order valence-corrected chi connectivity index (χ1v) is 10.5. The van der Waals surface area contributed by atoms with Crippen LogP contribution < -0.4 is 10.1 Å². The number of thioether (sulfide) groups is 1. The summed E-state index contributed by atoms with van der Waals surface area (Å²) in [6, 6.07) is 10.3. The third kappa shape index (κ3) is 5.54. The molecule has 2 aromatic carbocycles. The van der Waals surface area contributed by atoms with Crippen molar-refractivity contribution < 1.29 is 19.1 Å². The van der Waals surface area contributed by atoms with E-state index in [4.69, 9.17) is 27.9 Å². The molecule has 0 atom stereocenters. The molecule has 0 spiro atoms. The van der Waals surface area contributed by atoms with Gasteiger partial charge in [0.05, 0.1) is 32.2 Å². The maximum Gasteiger partial charge on any atom is 0.343 e. The van der Waals surface area contributed by atoms with Gasteiger partial charge in [0.15, 0.2) is 11.8 Å². The van der Waals surface area contributed by atoms with Gasteiger partial charge in [0.1, 0.15) is 5.75 Å². The number of hydrogen-bond donors (Lipinski definition) is 1. The van der Waals surface area contributed by atoms with Crippen LogP contribution in [0.25, 0.3) is 6.08 Å². The van der Waals surface area contributed by atoms with Gasteiger partial charge in [-0.1, -0.05) is 35.3 Å². The summed E-state index contributed by atoms with van der Waals surface area (Å²) in [6.07, 6.45) is 1.72. The van der Waals surface area contributed by atoms with Crippen molar-refractivity contribution in [3.8, 4) is 5.75 Å². The van der Waals surface area contributed by atoms with E-state index in [1.807, 2.05) is 0 Å². The smallest absolute Gasteiger partial charge is 0.343 e. The first kappa shape index (κ1) is 21.7. The van der Waals surface area contributed by atoms with Crippen LogP contribution in [0.3, 0.4) is 0 Å². The second-order valence-electron chi connectivity index (χ2n) is 5.61. The van der Waals surface area contributed by atoms with Crippen molar-refractivity contribution >= 4 is 79.7 Å². The van der Waals surface area contributed by atoms with E-state index in [9.17, 15) is 9.59 Å². The number of halogens is 3. The standard InChI is InChI=1S/C19H13BrCl2N2O4S/c1-27-16(25)9-28-14-6-5-10(7-11(14)20)8-15-18(26)24-19(29-15)23-13-4-2-3-12(21)17(13)22/h2-8H,9H2,1H3,(H,23,24,26)/b15-8+. The predicted molar refractivity (Wildman–Crippen MR) is 119 cm³/mol. The fourth-order valence-corrected chi connectivity index (χ4v) is 3.92. The van der Waals surface area contributed by atoms with Crippen molar-refractivity contribution in [3.05, 3.63) is 61.4 Å². The average molecular weight is 516 g/mol. The Bertz CT molecular complexity index is 1040. The van der Waals surface area contributed by atoms with Gasteiger partial charge in [-0.15, -0.1) is 0 Å². The van der Waals surface area contributed by atoms with Crippen LogP contribution in [-0.2, 0) is 14.3 Å². The maximum absolute atomic E-state index is 12.3. The summed E-state index contributed by atoms with van der Waals surface area (Å²) in [5.41, 5.74) is 1.24. The molecule has 10 heteroatoms. The molecule has 0 saturated carbocycles. The number of carbonyl (C=O) groups is 2. The van der Waals surface area contributed by atoms with Gasteiger partial charge < -0.3 is 14.8 Å². The molecule has 1 fully saturated rings. The fourth-order valence-electron chi connectivity index (χ4n) is 2.24. The zero-order valence-electron chi connectivity index (χ0n) is 14.9. The first-order chi connectivity index (χ1) is 13.9. The molecule has 0 unspecified atom stereocenters. The molecule has 1 saturated heterocycles. The van der Waals surface area contributed by atoms with Crippen molar-refractivity contribution in [1.82, 2.24) is 5.32 Å². The maximum atomic E-state index is 12.3. The number of aliphatic imine (C=N–C) groups is 1. The number of hydrogen-bond acceptors (Lipinski definition) is 6. The Labute approximate surface area is 189 Å². The van der Waals surface area contributed by atoms with Crippen LogP contribution >= 0.6 is 50.9 Å². The van der Waals surface area contributed by atoms with Gasteiger partial charge in [-0.05, 0) is 63.6 Å². The molecule has 29 heavy (non-hydrogen) atoms. The van der Waals surface area contributed by atoms with Crippen LogP contribution in [0, 0.1) is 0 Å². The summed E-state index contributed by atoms with van der Waals surface area (Å²) in [5, 5.41) is 3.81. The van der Waals surface area contributed by atoms with E-state index in [1.54, 1.807) is 42.5 Å². The van der Waals surface area contributed by atoms with Crippen LogP contribution in [0.15, 0.2) is 50.8 Å². The SMILES string of the molecule is COC(=O)COc1ccc(/C=C2/SC(=Nc3cccc(Cl)c3Cl)NC2=O)cc1Br. The molecular weight excluding hydrogens is 503 g/mol. The van der Waals surface area contributed by atoms with E-state index in [2.05, 4.69) is 31.0 Å². The highest BCUT2D eigenvalue weighted by Gasteiger charge is 2.24. The van der Waals surface area contributed by atoms with Crippen molar-refractivity contribution in [3.63, 3.8) is 0 Å². The summed E-state index contributed by atoms with van der Waals surface area (Å²) in [6.45, 7) is -0.195. The van der Waals surface area contributed by atoms with Crippen LogP contribution in [-0.4, -0.2) is 30.8 Å². The van der Waals surface area contributed by atoms with Gasteiger partial charge in [0.2, 0.25) is 0 Å². The van der Waals surface area contributed by atoms with Crippen LogP contribution in [0.2, 0.25) is 10.0 Å². The molecular formula is C19H13BrCl2N2O4S. The van der Waals surface area contributed by atoms with E-state index in [-0.39, 0.29) is 12.5 Å². The molecule has 1 aliphatic rings. The molecule has 2 aromatic rings. The number of benzene rings is 2. The Morgan fingerprint density at radius 1 is 1.31 bits per heavy atom. The minimum Gasteiger partial charge on any atom is -0.481 e. The molecule has 150 valence electrons. The van der Waals surface area contributed by atoms with Crippen molar-refractivity contribution in [2.75, 3.05) is 13.7 Å². The van der Waals surface area contributed by atoms with Crippen molar-refractivity contribution in [2.45, 2.75) is 0 Å². The fraction of sp³-hybridized carbons (Fsp3) is 0.105. The molecule has 1 N–H and O–H groups in total. The van der Waals surface area contributed by atoms with Crippen molar-refractivity contribution in [2.24, 2.45) is 4.99 Å². The summed E-state index contributed by atoms with van der Waals surface area (Å²) in [4.78, 5) is 28.3. The summed E-state index contributed by atoms with van der Waals surface area (Å²) < 4.78 is 10.5. The second-order valence-corrected chi connectivity index (χ2v) is 8.28. The molecule has 3 rings (SSSR count). The number of methoxy groups -OCH3 is 1. The lowest BCUT2D eigenvalue weighted by Gasteiger charge is -2.07. The third-order valence-electron chi connectivity index (χ3n) is 3.63. The Hall–Kier alpha value is -2.00. The minimum atomic E-state index is -0.478. The lowest BCUT2D eigenvalue weighted by molar-refractivity contribution is -0.142. The molecule has 0 radical (unpaired) electrons. The molecule has 1 heterocycles. The summed E-state index contributed by atoms with van der Waals surface area (Å²) >= 11 is 16.7. The Balaban J connectivity index is 1.76. The van der Waals surface area contributed by atoms with Gasteiger partial charge in [0.25, 0.3) is 5.91 Å². The highest BCUT2D eigenvalue weighted by atomic mass is 79.9. The van der Waals surface area contributed by atoms with E-state index in [0.717, 1.165) is 5.56 Å². The number of amides is 1. The molecule has 1 amide bonds. The Morgan fingerprint density at radius 2 is 2.10 bits per heavy atom. The second kappa shape index (κ2) is 9.67. The monoisotopic (exact) mass is 514 g/mol. The van der Waals surface area contributed by atoms with E-state index < -0.39 is 5.97 Å². The largest absolute Gasteiger partial charge is 0.481 e. The quantitative estimate of drug-likeness (QED) is 0.437. The first-order valence-electron chi connectivity index (χ1n) is 8.10. The molecule has 0 aromatic heterocycles. The highest BCUT2D eigenvalue weighted by Crippen LogP contribution is 2.35. The lowest BCUT2D eigenvalue weighted by Crippen LogP contribution is -2.19. The van der Waals surface area contributed by atoms with Gasteiger partial charge in [-0.25, -0.2) is 9.79 Å². The van der Waals surface area contributed by atoms with E-state index >= 15 is 0 Å². The van der Waals surface area contributed by atoms with Crippen LogP contribution in [0.1, 0.15) is 5.56 Å². The third-order valence-corrected chi connectivity index (χ3v) is 5.97. The normalized spacial score (nSPS) is 16.2. The van der Waals surface area contributed by atoms with Gasteiger partial charge in [0, 0.05) is 0 Å².